The average molecular weight is 498 g/mol. The highest BCUT2D eigenvalue weighted by molar-refractivity contribution is 7.09. The molecular weight excluding hydrogens is 471 g/mol. The van der Waals surface area contributed by atoms with Crippen LogP contribution in [0.4, 0.5) is 24.5 Å². The van der Waals surface area contributed by atoms with Gasteiger partial charge in [0.1, 0.15) is 5.69 Å². The summed E-state index contributed by atoms with van der Waals surface area (Å²) in [5, 5.41) is 13.4. The highest BCUT2D eigenvalue weighted by Gasteiger charge is 2.36. The van der Waals surface area contributed by atoms with Gasteiger partial charge in [-0.15, -0.1) is 11.3 Å². The Bertz CT molecular complexity index is 1000. The zero-order valence-electron chi connectivity index (χ0n) is 18.5. The van der Waals surface area contributed by atoms with Crippen LogP contribution in [0.2, 0.25) is 0 Å². The molecule has 3 heterocycles. The summed E-state index contributed by atoms with van der Waals surface area (Å²) in [5.74, 6) is -0.211. The first kappa shape index (κ1) is 24.5. The second-order valence-corrected chi connectivity index (χ2v) is 9.69. The molecule has 7 nitrogen and oxygen atoms in total. The molecule has 0 saturated carbocycles. The van der Waals surface area contributed by atoms with Gasteiger partial charge < -0.3 is 14.5 Å². The van der Waals surface area contributed by atoms with Crippen molar-refractivity contribution in [1.82, 2.24) is 4.90 Å². The number of alkyl halides is 3. The molecule has 2 aromatic rings. The van der Waals surface area contributed by atoms with E-state index in [4.69, 9.17) is 4.74 Å². The average Bonchev–Trinajstić information content (AvgIpc) is 3.52. The molecule has 2 saturated heterocycles. The highest BCUT2D eigenvalue weighted by Crippen LogP contribution is 2.38. The van der Waals surface area contributed by atoms with E-state index in [1.54, 1.807) is 16.2 Å². The van der Waals surface area contributed by atoms with E-state index in [0.29, 0.717) is 51.7 Å². The van der Waals surface area contributed by atoms with Gasteiger partial charge in [0.25, 0.3) is 5.69 Å². The Kier molecular flexibility index (Phi) is 7.42. The number of benzene rings is 1. The smallest absolute Gasteiger partial charge is 0.376 e. The fourth-order valence-electron chi connectivity index (χ4n) is 4.60. The van der Waals surface area contributed by atoms with Gasteiger partial charge in [-0.05, 0) is 49.3 Å². The molecule has 2 fully saturated rings. The zero-order valence-corrected chi connectivity index (χ0v) is 19.3. The molecule has 2 aliphatic heterocycles. The summed E-state index contributed by atoms with van der Waals surface area (Å²) >= 11 is 1.59. The van der Waals surface area contributed by atoms with Crippen LogP contribution < -0.4 is 4.90 Å². The van der Waals surface area contributed by atoms with Crippen LogP contribution in [0.25, 0.3) is 0 Å². The largest absolute Gasteiger partial charge is 0.416 e. The number of nitro groups is 1. The number of hydrogen-bond acceptors (Lipinski definition) is 6. The Morgan fingerprint density at radius 3 is 2.59 bits per heavy atom. The van der Waals surface area contributed by atoms with Crippen molar-refractivity contribution in [2.24, 2.45) is 5.92 Å². The lowest BCUT2D eigenvalue weighted by molar-refractivity contribution is -0.384. The number of nitro benzene ring substituents is 1. The molecule has 1 amide bonds. The third-order valence-electron chi connectivity index (χ3n) is 6.37. The topological polar surface area (TPSA) is 75.9 Å². The van der Waals surface area contributed by atoms with E-state index in [9.17, 15) is 28.1 Å². The van der Waals surface area contributed by atoms with Crippen LogP contribution in [0.3, 0.4) is 0 Å². The quantitative estimate of drug-likeness (QED) is 0.393. The lowest BCUT2D eigenvalue weighted by Gasteiger charge is -2.35. The summed E-state index contributed by atoms with van der Waals surface area (Å²) in [6, 6.07) is 6.54. The second-order valence-electron chi connectivity index (χ2n) is 8.65. The van der Waals surface area contributed by atoms with Gasteiger partial charge in [0.05, 0.1) is 23.1 Å². The van der Waals surface area contributed by atoms with Gasteiger partial charge in [-0.25, -0.2) is 0 Å². The van der Waals surface area contributed by atoms with Gasteiger partial charge in [0.2, 0.25) is 5.91 Å². The molecule has 11 heteroatoms. The van der Waals surface area contributed by atoms with E-state index in [0.717, 1.165) is 29.9 Å². The number of halogens is 3. The van der Waals surface area contributed by atoms with Crippen LogP contribution in [0.5, 0.6) is 0 Å². The van der Waals surface area contributed by atoms with Crippen molar-refractivity contribution in [1.29, 1.82) is 0 Å². The van der Waals surface area contributed by atoms with Crippen LogP contribution in [0, 0.1) is 16.0 Å². The second kappa shape index (κ2) is 10.3. The molecule has 1 aromatic heterocycles. The fourth-order valence-corrected chi connectivity index (χ4v) is 5.32. The number of amides is 1. The van der Waals surface area contributed by atoms with Crippen molar-refractivity contribution >= 4 is 28.6 Å². The number of nitrogens with zero attached hydrogens (tertiary/aromatic N) is 3. The normalized spacial score (nSPS) is 19.4. The molecule has 0 radical (unpaired) electrons. The van der Waals surface area contributed by atoms with Gasteiger partial charge in [0, 0.05) is 43.1 Å². The molecule has 0 N–H and O–H groups in total. The van der Waals surface area contributed by atoms with Crippen molar-refractivity contribution in [3.05, 3.63) is 56.3 Å². The van der Waals surface area contributed by atoms with E-state index >= 15 is 0 Å². The Balaban J connectivity index is 1.44. The minimum atomic E-state index is -4.66. The molecular formula is C23H26F3N3O4S. The van der Waals surface area contributed by atoms with E-state index in [1.165, 1.54) is 0 Å². The molecule has 1 unspecified atom stereocenters. The Hall–Kier alpha value is -2.66. The molecule has 0 aliphatic carbocycles. The maximum absolute atomic E-state index is 13.4. The third kappa shape index (κ3) is 5.69. The molecule has 1 aromatic carbocycles. The lowest BCUT2D eigenvalue weighted by Crippen LogP contribution is -2.44. The first-order valence-corrected chi connectivity index (χ1v) is 12.1. The molecule has 184 valence electrons. The van der Waals surface area contributed by atoms with E-state index in [1.807, 2.05) is 22.4 Å². The number of hydrogen-bond donors (Lipinski definition) is 0. The maximum atomic E-state index is 13.4. The number of carbonyl (C=O) groups is 1. The summed E-state index contributed by atoms with van der Waals surface area (Å²) in [4.78, 5) is 28.7. The number of piperidine rings is 1. The number of carbonyl (C=O) groups excluding carboxylic acids is 1. The predicted octanol–water partition coefficient (Wildman–Crippen LogP) is 5.10. The van der Waals surface area contributed by atoms with Crippen LogP contribution in [-0.4, -0.2) is 48.1 Å². The van der Waals surface area contributed by atoms with Gasteiger partial charge >= 0.3 is 6.18 Å². The number of anilines is 1. The summed E-state index contributed by atoms with van der Waals surface area (Å²) in [7, 11) is 0. The lowest BCUT2D eigenvalue weighted by atomic mass is 9.94. The van der Waals surface area contributed by atoms with Gasteiger partial charge in [-0.1, -0.05) is 6.07 Å². The molecule has 2 aliphatic rings. The Morgan fingerprint density at radius 1 is 1.24 bits per heavy atom. The monoisotopic (exact) mass is 497 g/mol. The zero-order chi connectivity index (χ0) is 24.3. The molecule has 0 spiro atoms. The van der Waals surface area contributed by atoms with Crippen LogP contribution in [-0.2, 0) is 22.3 Å². The van der Waals surface area contributed by atoms with Crippen molar-refractivity contribution in [2.45, 2.75) is 44.5 Å². The minimum Gasteiger partial charge on any atom is -0.376 e. The summed E-state index contributed by atoms with van der Waals surface area (Å²) in [5.41, 5.74) is -1.47. The fraction of sp³-hybridized carbons (Fsp3) is 0.522. The van der Waals surface area contributed by atoms with Crippen LogP contribution in [0.15, 0.2) is 35.7 Å². The number of thiophene rings is 1. The van der Waals surface area contributed by atoms with Crippen molar-refractivity contribution in [3.8, 4) is 0 Å². The first-order chi connectivity index (χ1) is 16.2. The summed E-state index contributed by atoms with van der Waals surface area (Å²) in [6.45, 7) is 2.46. The van der Waals surface area contributed by atoms with Crippen molar-refractivity contribution in [2.75, 3.05) is 31.1 Å². The van der Waals surface area contributed by atoms with Crippen molar-refractivity contribution in [3.63, 3.8) is 0 Å². The van der Waals surface area contributed by atoms with Gasteiger partial charge in [-0.2, -0.15) is 13.2 Å². The van der Waals surface area contributed by atoms with E-state index in [-0.39, 0.29) is 23.6 Å². The maximum Gasteiger partial charge on any atom is 0.416 e. The van der Waals surface area contributed by atoms with Crippen LogP contribution >= 0.6 is 11.3 Å². The number of rotatable bonds is 7. The number of ether oxygens (including phenoxy) is 1. The van der Waals surface area contributed by atoms with Crippen molar-refractivity contribution < 1.29 is 27.6 Å². The standard InChI is InChI=1S/C23H26F3N3O4S/c24-23(25,26)17-5-6-20(21(13-17)29(31)32)27-9-7-16(8-10-27)22(30)28(14-18-3-1-11-33-18)15-19-4-2-12-34-19/h2,4-6,12-13,16,18H,1,3,7-11,14-15H2. The first-order valence-electron chi connectivity index (χ1n) is 11.3. The predicted molar refractivity (Wildman–Crippen MR) is 122 cm³/mol. The highest BCUT2D eigenvalue weighted by atomic mass is 32.1. The van der Waals surface area contributed by atoms with E-state index in [2.05, 4.69) is 0 Å². The van der Waals surface area contributed by atoms with Gasteiger partial charge in [0.15, 0.2) is 0 Å². The Labute approximate surface area is 199 Å². The molecule has 34 heavy (non-hydrogen) atoms. The van der Waals surface area contributed by atoms with Gasteiger partial charge in [-0.3, -0.25) is 14.9 Å². The SMILES string of the molecule is O=C(C1CCN(c2ccc(C(F)(F)F)cc2[N+](=O)[O-])CC1)N(Cc1cccs1)CC1CCCO1. The minimum absolute atomic E-state index is 0.0267. The van der Waals surface area contributed by atoms with Crippen LogP contribution in [0.1, 0.15) is 36.1 Å². The molecule has 0 bridgehead atoms. The Morgan fingerprint density at radius 2 is 2.00 bits per heavy atom. The third-order valence-corrected chi connectivity index (χ3v) is 7.23. The summed E-state index contributed by atoms with van der Waals surface area (Å²) in [6.07, 6.45) is -1.77. The molecule has 4 rings (SSSR count). The molecule has 1 atom stereocenters. The summed E-state index contributed by atoms with van der Waals surface area (Å²) < 4.78 is 44.8. The van der Waals surface area contributed by atoms with E-state index < -0.39 is 22.4 Å².